The molecule has 0 atom stereocenters. The van der Waals surface area contributed by atoms with Crippen LogP contribution in [0.2, 0.25) is 0 Å². The maximum absolute atomic E-state index is 10.6. The lowest BCUT2D eigenvalue weighted by atomic mass is 10.1. The van der Waals surface area contributed by atoms with Crippen LogP contribution in [0.4, 0.5) is 0 Å². The van der Waals surface area contributed by atoms with E-state index >= 15 is 0 Å². The summed E-state index contributed by atoms with van der Waals surface area (Å²) in [6.45, 7) is 4.13. The normalized spacial score (nSPS) is 11.3. The van der Waals surface area contributed by atoms with Gasteiger partial charge in [-0.1, -0.05) is 44.0 Å². The first-order valence-corrected chi connectivity index (χ1v) is 6.81. The maximum Gasteiger partial charge on any atom is 0.328 e. The van der Waals surface area contributed by atoms with Crippen molar-refractivity contribution in [2.45, 2.75) is 32.7 Å². The molecule has 1 aromatic rings. The molecule has 0 heterocycles. The van der Waals surface area contributed by atoms with Gasteiger partial charge >= 0.3 is 5.97 Å². The fourth-order valence-corrected chi connectivity index (χ4v) is 2.00. The highest BCUT2D eigenvalue weighted by atomic mass is 16.4. The average molecular weight is 261 g/mol. The van der Waals surface area contributed by atoms with Crippen molar-refractivity contribution in [1.29, 1.82) is 0 Å². The number of nitrogens with zero attached hydrogens (tertiary/aromatic N) is 1. The molecule has 3 heteroatoms. The highest BCUT2D eigenvalue weighted by Crippen LogP contribution is 2.13. The van der Waals surface area contributed by atoms with Crippen LogP contribution in [0.5, 0.6) is 0 Å². The zero-order valence-electron chi connectivity index (χ0n) is 11.8. The third kappa shape index (κ3) is 6.20. The van der Waals surface area contributed by atoms with Gasteiger partial charge in [0.05, 0.1) is 0 Å². The first-order valence-electron chi connectivity index (χ1n) is 6.81. The van der Waals surface area contributed by atoms with Gasteiger partial charge in [-0.15, -0.1) is 0 Å². The van der Waals surface area contributed by atoms with Gasteiger partial charge in [-0.05, 0) is 37.2 Å². The Balaban J connectivity index is 2.64. The van der Waals surface area contributed by atoms with Crippen molar-refractivity contribution in [2.24, 2.45) is 0 Å². The molecule has 0 radical (unpaired) electrons. The third-order valence-corrected chi connectivity index (χ3v) is 3.04. The van der Waals surface area contributed by atoms with E-state index in [1.165, 1.54) is 30.9 Å². The highest BCUT2D eigenvalue weighted by molar-refractivity contribution is 5.85. The van der Waals surface area contributed by atoms with Crippen molar-refractivity contribution < 1.29 is 9.90 Å². The highest BCUT2D eigenvalue weighted by Gasteiger charge is 2.03. The maximum atomic E-state index is 10.6. The molecule has 1 N–H and O–H groups in total. The number of unbranched alkanes of at least 4 members (excludes halogenated alkanes) is 2. The molecular formula is C16H23NO2. The molecule has 0 fully saturated rings. The van der Waals surface area contributed by atoms with Gasteiger partial charge in [0.2, 0.25) is 0 Å². The average Bonchev–Trinajstić information content (AvgIpc) is 2.38. The van der Waals surface area contributed by atoms with Crippen molar-refractivity contribution in [1.82, 2.24) is 4.90 Å². The molecule has 0 aliphatic rings. The monoisotopic (exact) mass is 261 g/mol. The van der Waals surface area contributed by atoms with Crippen LogP contribution in [0, 0.1) is 0 Å². The van der Waals surface area contributed by atoms with E-state index in [0.29, 0.717) is 0 Å². The summed E-state index contributed by atoms with van der Waals surface area (Å²) in [5.74, 6) is -0.911. The van der Waals surface area contributed by atoms with Crippen LogP contribution >= 0.6 is 0 Å². The Morgan fingerprint density at radius 2 is 2.05 bits per heavy atom. The molecule has 1 aromatic carbocycles. The molecule has 0 aliphatic carbocycles. The number of carbonyl (C=O) groups is 1. The van der Waals surface area contributed by atoms with Gasteiger partial charge in [-0.2, -0.15) is 0 Å². The standard InChI is InChI=1S/C16H23NO2/c1-3-4-7-12-17(2)13-15-9-6-5-8-14(15)10-11-16(18)19/h5-6,8-11H,3-4,7,12-13H2,1-2H3,(H,18,19)/b11-10+. The Morgan fingerprint density at radius 1 is 1.32 bits per heavy atom. The molecule has 0 spiro atoms. The van der Waals surface area contributed by atoms with Crippen LogP contribution in [0.25, 0.3) is 6.08 Å². The smallest absolute Gasteiger partial charge is 0.328 e. The second-order valence-electron chi connectivity index (χ2n) is 4.82. The van der Waals surface area contributed by atoms with Crippen LogP contribution in [-0.2, 0) is 11.3 Å². The van der Waals surface area contributed by atoms with E-state index in [9.17, 15) is 4.79 Å². The number of rotatable bonds is 8. The lowest BCUT2D eigenvalue weighted by molar-refractivity contribution is -0.131. The Kier molecular flexibility index (Phi) is 6.90. The van der Waals surface area contributed by atoms with Gasteiger partial charge in [0.15, 0.2) is 0 Å². The Morgan fingerprint density at radius 3 is 2.74 bits per heavy atom. The van der Waals surface area contributed by atoms with Gasteiger partial charge in [0.25, 0.3) is 0 Å². The van der Waals surface area contributed by atoms with Gasteiger partial charge in [0.1, 0.15) is 0 Å². The van der Waals surface area contributed by atoms with E-state index in [1.54, 1.807) is 6.08 Å². The van der Waals surface area contributed by atoms with Crippen molar-refractivity contribution in [3.8, 4) is 0 Å². The lowest BCUT2D eigenvalue weighted by Gasteiger charge is -2.17. The third-order valence-electron chi connectivity index (χ3n) is 3.04. The van der Waals surface area contributed by atoms with Crippen LogP contribution in [0.15, 0.2) is 30.3 Å². The molecule has 0 bridgehead atoms. The quantitative estimate of drug-likeness (QED) is 0.576. The van der Waals surface area contributed by atoms with E-state index in [4.69, 9.17) is 5.11 Å². The number of aliphatic carboxylic acids is 1. The summed E-state index contributed by atoms with van der Waals surface area (Å²) in [6.07, 6.45) is 6.55. The number of carboxylic acids is 1. The summed E-state index contributed by atoms with van der Waals surface area (Å²) < 4.78 is 0. The summed E-state index contributed by atoms with van der Waals surface area (Å²) in [4.78, 5) is 12.9. The van der Waals surface area contributed by atoms with Gasteiger partial charge in [-0.25, -0.2) is 4.79 Å². The zero-order chi connectivity index (χ0) is 14.1. The predicted octanol–water partition coefficient (Wildman–Crippen LogP) is 3.41. The minimum Gasteiger partial charge on any atom is -0.478 e. The summed E-state index contributed by atoms with van der Waals surface area (Å²) >= 11 is 0. The second-order valence-corrected chi connectivity index (χ2v) is 4.82. The van der Waals surface area contributed by atoms with Gasteiger partial charge < -0.3 is 10.0 Å². The van der Waals surface area contributed by atoms with Gasteiger partial charge in [-0.3, -0.25) is 0 Å². The summed E-state index contributed by atoms with van der Waals surface area (Å²) in [5.41, 5.74) is 2.14. The molecule has 0 amide bonds. The first kappa shape index (κ1) is 15.4. The van der Waals surface area contributed by atoms with E-state index in [-0.39, 0.29) is 0 Å². The fraction of sp³-hybridized carbons (Fsp3) is 0.438. The van der Waals surface area contributed by atoms with E-state index in [0.717, 1.165) is 18.7 Å². The molecular weight excluding hydrogens is 238 g/mol. The summed E-state index contributed by atoms with van der Waals surface area (Å²) in [7, 11) is 2.10. The Labute approximate surface area is 115 Å². The number of benzene rings is 1. The topological polar surface area (TPSA) is 40.5 Å². The largest absolute Gasteiger partial charge is 0.478 e. The molecule has 0 unspecified atom stereocenters. The van der Waals surface area contributed by atoms with Gasteiger partial charge in [0, 0.05) is 12.6 Å². The zero-order valence-corrected chi connectivity index (χ0v) is 11.8. The van der Waals surface area contributed by atoms with Crippen molar-refractivity contribution >= 4 is 12.0 Å². The summed E-state index contributed by atoms with van der Waals surface area (Å²) in [6, 6.07) is 7.93. The fourth-order valence-electron chi connectivity index (χ4n) is 2.00. The van der Waals surface area contributed by atoms with E-state index < -0.39 is 5.97 Å². The molecule has 0 aromatic heterocycles. The van der Waals surface area contributed by atoms with E-state index in [2.05, 4.69) is 24.9 Å². The van der Waals surface area contributed by atoms with Crippen LogP contribution < -0.4 is 0 Å². The van der Waals surface area contributed by atoms with Crippen LogP contribution in [0.3, 0.4) is 0 Å². The van der Waals surface area contributed by atoms with Crippen molar-refractivity contribution in [2.75, 3.05) is 13.6 Å². The minimum atomic E-state index is -0.911. The molecule has 104 valence electrons. The second kappa shape index (κ2) is 8.48. The van der Waals surface area contributed by atoms with E-state index in [1.807, 2.05) is 18.2 Å². The minimum absolute atomic E-state index is 0.851. The molecule has 1 rings (SSSR count). The molecule has 0 saturated carbocycles. The van der Waals surface area contributed by atoms with Crippen LogP contribution in [0.1, 0.15) is 37.3 Å². The Hall–Kier alpha value is -1.61. The SMILES string of the molecule is CCCCCN(C)Cc1ccccc1/C=C/C(=O)O. The molecule has 3 nitrogen and oxygen atoms in total. The number of carboxylic acid groups (broad SMARTS) is 1. The number of hydrogen-bond acceptors (Lipinski definition) is 2. The van der Waals surface area contributed by atoms with Crippen LogP contribution in [-0.4, -0.2) is 29.6 Å². The van der Waals surface area contributed by atoms with Crippen molar-refractivity contribution in [3.05, 3.63) is 41.5 Å². The molecule has 0 saturated heterocycles. The predicted molar refractivity (Wildman–Crippen MR) is 79.0 cm³/mol. The molecule has 0 aliphatic heterocycles. The lowest BCUT2D eigenvalue weighted by Crippen LogP contribution is -2.19. The Bertz CT molecular complexity index is 427. The van der Waals surface area contributed by atoms with Crippen molar-refractivity contribution in [3.63, 3.8) is 0 Å². The first-order chi connectivity index (χ1) is 9.13. The summed E-state index contributed by atoms with van der Waals surface area (Å²) in [5, 5.41) is 8.69. The molecule has 19 heavy (non-hydrogen) atoms. The number of hydrogen-bond donors (Lipinski definition) is 1.